The number of carboxylic acids is 2. The monoisotopic (exact) mass is 2120 g/mol. The lowest BCUT2D eigenvalue weighted by molar-refractivity contribution is -0.408. The maximum absolute atomic E-state index is 14.2. The average Bonchev–Trinajstić information content (AvgIpc) is 0.744. The summed E-state index contributed by atoms with van der Waals surface area (Å²) in [4.78, 5) is 94.0. The van der Waals surface area contributed by atoms with Crippen molar-refractivity contribution in [2.24, 2.45) is 0 Å². The molecular weight excluding hydrogens is 1950 g/mol. The molecule has 7 aliphatic heterocycles. The average molecular weight is 2120 g/mol. The fraction of sp³-hybridized carbons (Fsp3) is 0.888. The topological polar surface area (TPSA) is 774 Å². The number of carbonyl (C=O) groups is 7. The SMILES string of the molecule is CCCCCCCC/C=C\CCCCCCCCCCCCCC(=O)N[C@@H](CO[C@@H]1OC(CO)[C@@H](O[C@@H]2OC(CO)[C@H](O[C@@H]3OC(CO)[C@H](O)[C@H](O[C@@H]4OC(CO)[C@H](O[C@@H]5OC(CO)[C@H](O)[C@H](O)C5NC(C)=O)[C@H](O[C@]5(C(=O)O)CC(O)[C@@H](NC(C)=O)C([C@H](O)[C@H](O)CO)O5)C4O)C3NC(C)=O)[C@H](O[C@]3(C(=O)O)CC(O)[C@@H](NC(C)=O)C([C@H](O)[C@H](O)CO)O3)C2O)[C@H](O)C1O)[C@H](O)/C=C/CCCCCCCCCCCCC. The molecule has 0 bridgehead atoms. The Morgan fingerprint density at radius 2 is 0.687 bits per heavy atom. The van der Waals surface area contributed by atoms with Crippen LogP contribution < -0.4 is 26.6 Å². The first-order valence-electron chi connectivity index (χ1n) is 52.4. The molecule has 49 nitrogen and oxygen atoms in total. The van der Waals surface area contributed by atoms with E-state index >= 15 is 0 Å². The third-order valence-electron chi connectivity index (χ3n) is 27.7. The quantitative estimate of drug-likeness (QED) is 0.0205. The van der Waals surface area contributed by atoms with E-state index in [0.29, 0.717) is 12.8 Å². The lowest BCUT2D eigenvalue weighted by atomic mass is 9.88. The van der Waals surface area contributed by atoms with Crippen LogP contribution in [0, 0.1) is 0 Å². The largest absolute Gasteiger partial charge is 0.477 e. The van der Waals surface area contributed by atoms with Crippen molar-refractivity contribution >= 4 is 41.5 Å². The number of aliphatic hydroxyl groups excluding tert-OH is 21. The van der Waals surface area contributed by atoms with Crippen LogP contribution in [0.4, 0.5) is 0 Å². The Morgan fingerprint density at radius 1 is 0.354 bits per heavy atom. The summed E-state index contributed by atoms with van der Waals surface area (Å²) < 4.78 is 86.0. The number of amides is 5. The van der Waals surface area contributed by atoms with Gasteiger partial charge in [-0.1, -0.05) is 192 Å². The van der Waals surface area contributed by atoms with Gasteiger partial charge in [0.05, 0.1) is 89.3 Å². The molecule has 7 rings (SSSR count). The van der Waals surface area contributed by atoms with Crippen LogP contribution in [-0.4, -0.2) is 450 Å². The summed E-state index contributed by atoms with van der Waals surface area (Å²) >= 11 is 0. The van der Waals surface area contributed by atoms with Crippen LogP contribution in [0.25, 0.3) is 0 Å². The summed E-state index contributed by atoms with van der Waals surface area (Å²) in [5, 5.41) is 276. The molecule has 0 spiro atoms. The van der Waals surface area contributed by atoms with E-state index in [-0.39, 0.29) is 6.42 Å². The van der Waals surface area contributed by atoms with Crippen molar-refractivity contribution in [1.29, 1.82) is 0 Å². The van der Waals surface area contributed by atoms with Gasteiger partial charge in [0.2, 0.25) is 29.5 Å². The third-order valence-corrected chi connectivity index (χ3v) is 27.7. The molecule has 0 saturated carbocycles. The fourth-order valence-electron chi connectivity index (χ4n) is 19.6. The standard InChI is InChI=1S/C98H171N5O44/c1-7-9-11-13-15-17-19-21-22-23-24-25-26-27-28-30-32-34-36-38-40-42-68(120)103-57(58(115)41-39-37-35-33-31-29-20-18-16-14-12-10-8-2)52-134-92-79(127)78(126)82(65(49-108)137-92)140-93-80(128)88(146-97(95(130)131)43-59(116)69(99-53(3)111)86(144-97)73(121)61(118)45-104)84(67(51-110)138-93)142-91-72(102-56(6)114)85(76(124)64(48-107)136-91)143-94-81(129)89(83(66(50-109)139-94)141-90-71(101-55(5)113)77(125)75(123)63(47-106)135-90)147-98(96(132)133)44-60(117)70(100-54(4)112)87(145-98)74(122)62(119)46-105/h21-22,39,41,57-67,69-94,104-110,115-119,121-129H,7-20,23-38,40,42-52H2,1-6H3,(H,99,111)(H,100,112)(H,101,113)(H,102,114)(H,103,120)(H,130,131)(H,132,133)/b22-21-,41-39+/t57-,58+,59?,60?,61+,62+,63?,64?,65?,66?,67?,69+,70+,71?,72?,73+,74+,75-,76-,77+,78+,79?,80?,81?,82+,83-,84-,85+,86?,87?,88+,89+,90-,91-,92+,93-,94-,97-,98-/m0/s1. The fourth-order valence-corrected chi connectivity index (χ4v) is 19.6. The highest BCUT2D eigenvalue weighted by Crippen LogP contribution is 2.45. The van der Waals surface area contributed by atoms with Gasteiger partial charge >= 0.3 is 11.9 Å². The number of hydrogen-bond acceptors (Lipinski definition) is 42. The summed E-state index contributed by atoms with van der Waals surface area (Å²) in [5.74, 6) is -16.0. The molecule has 0 aliphatic carbocycles. The molecule has 14 unspecified atom stereocenters. The van der Waals surface area contributed by atoms with Crippen LogP contribution in [0.3, 0.4) is 0 Å². The summed E-state index contributed by atoms with van der Waals surface area (Å²) in [6.07, 6.45) is -34.2. The van der Waals surface area contributed by atoms with E-state index < -0.39 is 345 Å². The minimum Gasteiger partial charge on any atom is -0.477 e. The Hall–Kier alpha value is -5.63. The van der Waals surface area contributed by atoms with Crippen molar-refractivity contribution < 1.29 is 217 Å². The Labute approximate surface area is 856 Å². The van der Waals surface area contributed by atoms with Gasteiger partial charge in [0, 0.05) is 47.0 Å². The lowest BCUT2D eigenvalue weighted by Gasteiger charge is -2.53. The molecule has 852 valence electrons. The number of ether oxygens (including phenoxy) is 14. The van der Waals surface area contributed by atoms with Gasteiger partial charge in [-0.15, -0.1) is 0 Å². The second-order valence-corrected chi connectivity index (χ2v) is 39.5. The van der Waals surface area contributed by atoms with E-state index in [0.717, 1.165) is 111 Å². The minimum atomic E-state index is -3.56. The molecule has 0 aromatic carbocycles. The first-order valence-corrected chi connectivity index (χ1v) is 52.4. The number of aliphatic hydroxyl groups is 21. The van der Waals surface area contributed by atoms with E-state index in [1.807, 2.05) is 0 Å². The second-order valence-electron chi connectivity index (χ2n) is 39.5. The molecule has 7 heterocycles. The number of rotatable bonds is 68. The Kier molecular flexibility index (Phi) is 57.5. The molecular formula is C98H171N5O44. The molecule has 49 heteroatoms. The van der Waals surface area contributed by atoms with E-state index in [9.17, 15) is 151 Å². The highest BCUT2D eigenvalue weighted by molar-refractivity contribution is 5.78. The number of unbranched alkanes of at least 4 members (excludes halogenated alkanes) is 28. The van der Waals surface area contributed by atoms with Gasteiger partial charge in [0.15, 0.2) is 31.5 Å². The molecule has 0 aromatic heterocycles. The molecule has 5 amide bonds. The van der Waals surface area contributed by atoms with Gasteiger partial charge < -0.3 is 210 Å². The van der Waals surface area contributed by atoms with E-state index in [1.54, 1.807) is 6.08 Å². The first-order chi connectivity index (χ1) is 70.2. The van der Waals surface area contributed by atoms with Crippen LogP contribution in [0.15, 0.2) is 24.3 Å². The number of carboxylic acid groups (broad SMARTS) is 2. The van der Waals surface area contributed by atoms with Crippen molar-refractivity contribution in [3.8, 4) is 0 Å². The van der Waals surface area contributed by atoms with Crippen LogP contribution in [0.2, 0.25) is 0 Å². The molecule has 7 saturated heterocycles. The smallest absolute Gasteiger partial charge is 0.364 e. The zero-order valence-electron chi connectivity index (χ0n) is 85.2. The minimum absolute atomic E-state index is 0.0701. The number of nitrogens with one attached hydrogen (secondary N) is 5. The molecule has 7 aliphatic rings. The van der Waals surface area contributed by atoms with Crippen LogP contribution in [-0.2, 0) is 99.9 Å². The van der Waals surface area contributed by atoms with Crippen molar-refractivity contribution in [2.75, 3.05) is 52.9 Å². The zero-order chi connectivity index (χ0) is 108. The zero-order valence-corrected chi connectivity index (χ0v) is 85.2. The number of hydrogen-bond donors (Lipinski definition) is 28. The van der Waals surface area contributed by atoms with Gasteiger partial charge in [-0.25, -0.2) is 9.59 Å². The van der Waals surface area contributed by atoms with Crippen LogP contribution in [0.5, 0.6) is 0 Å². The Balaban J connectivity index is 1.19. The highest BCUT2D eigenvalue weighted by atomic mass is 16.8. The maximum Gasteiger partial charge on any atom is 0.364 e. The Bertz CT molecular complexity index is 3840. The van der Waals surface area contributed by atoms with Crippen LogP contribution >= 0.6 is 0 Å². The summed E-state index contributed by atoms with van der Waals surface area (Å²) in [6.45, 7) is -1.55. The molecule has 0 radical (unpaired) electrons. The van der Waals surface area contributed by atoms with E-state index in [1.165, 1.54) is 109 Å². The van der Waals surface area contributed by atoms with E-state index in [4.69, 9.17) is 66.3 Å². The van der Waals surface area contributed by atoms with Crippen molar-refractivity contribution in [3.63, 3.8) is 0 Å². The molecule has 28 N–H and O–H groups in total. The van der Waals surface area contributed by atoms with E-state index in [2.05, 4.69) is 52.6 Å². The highest BCUT2D eigenvalue weighted by Gasteiger charge is 2.65. The van der Waals surface area contributed by atoms with Gasteiger partial charge in [-0.3, -0.25) is 24.0 Å². The number of carbonyl (C=O) groups excluding carboxylic acids is 5. The van der Waals surface area contributed by atoms with Gasteiger partial charge in [-0.2, -0.15) is 0 Å². The van der Waals surface area contributed by atoms with Gasteiger partial charge in [0.1, 0.15) is 159 Å². The maximum atomic E-state index is 14.2. The Morgan fingerprint density at radius 3 is 1.07 bits per heavy atom. The van der Waals surface area contributed by atoms with Crippen molar-refractivity contribution in [1.82, 2.24) is 26.6 Å². The van der Waals surface area contributed by atoms with Gasteiger partial charge in [0.25, 0.3) is 11.6 Å². The summed E-state index contributed by atoms with van der Waals surface area (Å²) in [6, 6.07) is -9.18. The number of aliphatic carboxylic acids is 2. The molecule has 7 fully saturated rings. The third kappa shape index (κ3) is 38.2. The summed E-state index contributed by atoms with van der Waals surface area (Å²) in [5.41, 5.74) is 0. The normalized spacial score (nSPS) is 35.1. The predicted molar refractivity (Wildman–Crippen MR) is 512 cm³/mol. The van der Waals surface area contributed by atoms with Crippen molar-refractivity contribution in [2.45, 2.75) is 498 Å². The molecule has 147 heavy (non-hydrogen) atoms. The molecule has 39 atom stereocenters. The van der Waals surface area contributed by atoms with Crippen molar-refractivity contribution in [3.05, 3.63) is 24.3 Å². The second kappa shape index (κ2) is 65.9. The molecule has 0 aromatic rings. The number of allylic oxidation sites excluding steroid dienone is 3. The first kappa shape index (κ1) is 128. The predicted octanol–water partition coefficient (Wildman–Crippen LogP) is -3.78. The lowest BCUT2D eigenvalue weighted by Crippen LogP contribution is -2.73. The van der Waals surface area contributed by atoms with Gasteiger partial charge in [-0.05, 0) is 44.9 Å². The van der Waals surface area contributed by atoms with Crippen LogP contribution in [0.1, 0.15) is 260 Å². The summed E-state index contributed by atoms with van der Waals surface area (Å²) in [7, 11) is 0.